The second-order valence-electron chi connectivity index (χ2n) is 5.63. The highest BCUT2D eigenvalue weighted by atomic mass is 16.4. The minimum Gasteiger partial charge on any atom is -0.478 e. The molecule has 0 fully saturated rings. The van der Waals surface area contributed by atoms with Crippen LogP contribution in [0.4, 0.5) is 0 Å². The Kier molecular flexibility index (Phi) is 3.02. The summed E-state index contributed by atoms with van der Waals surface area (Å²) in [6.07, 6.45) is 0.781. The van der Waals surface area contributed by atoms with Crippen LogP contribution in [0.25, 0.3) is 22.5 Å². The number of rotatable bonds is 3. The molecule has 0 unspecified atom stereocenters. The van der Waals surface area contributed by atoms with Crippen LogP contribution in [0.3, 0.4) is 0 Å². The predicted octanol–water partition coefficient (Wildman–Crippen LogP) is 2.84. The Morgan fingerprint density at radius 2 is 1.96 bits per heavy atom. The summed E-state index contributed by atoms with van der Waals surface area (Å²) in [5.41, 5.74) is 7.24. The van der Waals surface area contributed by atoms with Crippen molar-refractivity contribution < 1.29 is 15.0 Å². The van der Waals surface area contributed by atoms with Crippen LogP contribution in [0, 0.1) is 0 Å². The van der Waals surface area contributed by atoms with Gasteiger partial charge in [-0.2, -0.15) is 5.10 Å². The second-order valence-corrected chi connectivity index (χ2v) is 5.63. The Bertz CT molecular complexity index is 911. The van der Waals surface area contributed by atoms with Gasteiger partial charge in [-0.25, -0.2) is 4.79 Å². The average Bonchev–Trinajstić information content (AvgIpc) is 3.13. The summed E-state index contributed by atoms with van der Waals surface area (Å²) in [6.45, 7) is 0.0141. The number of aliphatic hydroxyl groups excluding tert-OH is 1. The highest BCUT2D eigenvalue weighted by molar-refractivity contribution is 5.88. The van der Waals surface area contributed by atoms with E-state index < -0.39 is 5.97 Å². The number of carboxylic acids is 1. The van der Waals surface area contributed by atoms with Gasteiger partial charge in [0.15, 0.2) is 0 Å². The summed E-state index contributed by atoms with van der Waals surface area (Å²) >= 11 is 0. The molecule has 0 bridgehead atoms. The lowest BCUT2D eigenvalue weighted by Crippen LogP contribution is -1.95. The van der Waals surface area contributed by atoms with Crippen molar-refractivity contribution in [3.8, 4) is 22.5 Å². The summed E-state index contributed by atoms with van der Waals surface area (Å²) in [5, 5.41) is 25.8. The number of aliphatic hydroxyl groups is 1. The summed E-state index contributed by atoms with van der Waals surface area (Å²) in [5.74, 6) is -0.937. The zero-order valence-corrected chi connectivity index (χ0v) is 12.2. The van der Waals surface area contributed by atoms with E-state index in [9.17, 15) is 9.90 Å². The fourth-order valence-electron chi connectivity index (χ4n) is 3.07. The smallest absolute Gasteiger partial charge is 0.335 e. The number of nitrogens with zero attached hydrogens (tertiary/aromatic N) is 1. The summed E-state index contributed by atoms with van der Waals surface area (Å²) in [7, 11) is 0. The molecule has 1 aromatic heterocycles. The highest BCUT2D eigenvalue weighted by Gasteiger charge is 2.25. The molecule has 3 N–H and O–H groups in total. The molecule has 0 saturated heterocycles. The minimum absolute atomic E-state index is 0.0141. The van der Waals surface area contributed by atoms with Gasteiger partial charge in [0.05, 0.1) is 23.6 Å². The first kappa shape index (κ1) is 13.7. The standard InChI is InChI=1S/C18H14N2O3/c21-9-10-1-2-13-8-15-16(19-20-17(15)14(13)7-10)11-3-5-12(6-4-11)18(22)23/h1-7,21H,8-9H2,(H,19,20)(H,22,23). The van der Waals surface area contributed by atoms with Gasteiger partial charge < -0.3 is 10.2 Å². The Morgan fingerprint density at radius 3 is 2.65 bits per heavy atom. The van der Waals surface area contributed by atoms with E-state index in [2.05, 4.69) is 10.2 Å². The van der Waals surface area contributed by atoms with Gasteiger partial charge in [-0.1, -0.05) is 24.3 Å². The molecule has 23 heavy (non-hydrogen) atoms. The van der Waals surface area contributed by atoms with E-state index in [0.29, 0.717) is 0 Å². The van der Waals surface area contributed by atoms with E-state index >= 15 is 0 Å². The number of H-pyrrole nitrogens is 1. The molecule has 5 nitrogen and oxygen atoms in total. The molecule has 0 saturated carbocycles. The molecule has 0 radical (unpaired) electrons. The number of carbonyl (C=O) groups is 1. The number of carboxylic acid groups (broad SMARTS) is 1. The van der Waals surface area contributed by atoms with E-state index in [1.165, 1.54) is 5.56 Å². The van der Waals surface area contributed by atoms with Crippen molar-refractivity contribution in [1.82, 2.24) is 10.2 Å². The molecule has 1 aliphatic carbocycles. The predicted molar refractivity (Wildman–Crippen MR) is 85.1 cm³/mol. The van der Waals surface area contributed by atoms with Gasteiger partial charge >= 0.3 is 5.97 Å². The zero-order valence-electron chi connectivity index (χ0n) is 12.2. The largest absolute Gasteiger partial charge is 0.478 e. The maximum Gasteiger partial charge on any atom is 0.335 e. The third-order valence-corrected chi connectivity index (χ3v) is 4.27. The number of benzene rings is 2. The lowest BCUT2D eigenvalue weighted by atomic mass is 10.0. The van der Waals surface area contributed by atoms with Crippen LogP contribution in [0.2, 0.25) is 0 Å². The van der Waals surface area contributed by atoms with Crippen LogP contribution in [-0.4, -0.2) is 26.4 Å². The lowest BCUT2D eigenvalue weighted by Gasteiger charge is -2.02. The number of hydrogen-bond acceptors (Lipinski definition) is 3. The normalized spacial score (nSPS) is 12.0. The molecule has 0 aliphatic heterocycles. The number of aromatic carboxylic acids is 1. The molecule has 2 aromatic carbocycles. The monoisotopic (exact) mass is 306 g/mol. The Hall–Kier alpha value is -2.92. The van der Waals surface area contributed by atoms with Crippen molar-refractivity contribution in [3.63, 3.8) is 0 Å². The van der Waals surface area contributed by atoms with Gasteiger partial charge in [0.25, 0.3) is 0 Å². The van der Waals surface area contributed by atoms with Gasteiger partial charge in [-0.15, -0.1) is 0 Å². The molecular formula is C18H14N2O3. The van der Waals surface area contributed by atoms with E-state index in [-0.39, 0.29) is 12.2 Å². The van der Waals surface area contributed by atoms with Crippen molar-refractivity contribution >= 4 is 5.97 Å². The third kappa shape index (κ3) is 2.13. The van der Waals surface area contributed by atoms with Gasteiger partial charge in [-0.3, -0.25) is 5.10 Å². The molecule has 114 valence electrons. The molecular weight excluding hydrogens is 292 g/mol. The minimum atomic E-state index is -0.937. The van der Waals surface area contributed by atoms with Crippen molar-refractivity contribution in [2.24, 2.45) is 0 Å². The van der Waals surface area contributed by atoms with Crippen LogP contribution >= 0.6 is 0 Å². The fraction of sp³-hybridized carbons (Fsp3) is 0.111. The molecule has 4 rings (SSSR count). The molecule has 0 spiro atoms. The molecule has 0 amide bonds. The van der Waals surface area contributed by atoms with Crippen molar-refractivity contribution in [3.05, 3.63) is 64.7 Å². The van der Waals surface area contributed by atoms with E-state index in [4.69, 9.17) is 5.11 Å². The molecule has 1 heterocycles. The SMILES string of the molecule is O=C(O)c1ccc(-c2n[nH]c3c2Cc2ccc(CO)cc2-3)cc1. The van der Waals surface area contributed by atoms with Crippen molar-refractivity contribution in [1.29, 1.82) is 0 Å². The topological polar surface area (TPSA) is 86.2 Å². The zero-order chi connectivity index (χ0) is 16.0. The summed E-state index contributed by atoms with van der Waals surface area (Å²) in [4.78, 5) is 11.0. The van der Waals surface area contributed by atoms with Gasteiger partial charge in [0.1, 0.15) is 0 Å². The number of aromatic amines is 1. The van der Waals surface area contributed by atoms with Crippen molar-refractivity contribution in [2.75, 3.05) is 0 Å². The quantitative estimate of drug-likeness (QED) is 0.543. The molecule has 0 atom stereocenters. The molecule has 5 heteroatoms. The van der Waals surface area contributed by atoms with E-state index in [0.717, 1.165) is 40.1 Å². The maximum absolute atomic E-state index is 11.0. The van der Waals surface area contributed by atoms with E-state index in [1.54, 1.807) is 24.3 Å². The highest BCUT2D eigenvalue weighted by Crippen LogP contribution is 2.40. The van der Waals surface area contributed by atoms with Gasteiger partial charge in [0, 0.05) is 23.1 Å². The molecule has 1 aliphatic rings. The number of nitrogens with one attached hydrogen (secondary N) is 1. The lowest BCUT2D eigenvalue weighted by molar-refractivity contribution is 0.0697. The van der Waals surface area contributed by atoms with Gasteiger partial charge in [-0.05, 0) is 29.3 Å². The Labute approximate surface area is 132 Å². The first-order valence-corrected chi connectivity index (χ1v) is 7.31. The van der Waals surface area contributed by atoms with Crippen LogP contribution in [0.1, 0.15) is 27.0 Å². The third-order valence-electron chi connectivity index (χ3n) is 4.27. The number of hydrogen-bond donors (Lipinski definition) is 3. The number of fused-ring (bicyclic) bond motifs is 3. The van der Waals surface area contributed by atoms with Crippen LogP contribution in [-0.2, 0) is 13.0 Å². The Balaban J connectivity index is 1.77. The maximum atomic E-state index is 11.0. The van der Waals surface area contributed by atoms with E-state index in [1.807, 2.05) is 18.2 Å². The Morgan fingerprint density at radius 1 is 1.17 bits per heavy atom. The van der Waals surface area contributed by atoms with Crippen LogP contribution in [0.15, 0.2) is 42.5 Å². The number of aromatic nitrogens is 2. The van der Waals surface area contributed by atoms with Crippen LogP contribution in [0.5, 0.6) is 0 Å². The average molecular weight is 306 g/mol. The second kappa shape index (κ2) is 5.07. The first-order chi connectivity index (χ1) is 11.2. The van der Waals surface area contributed by atoms with Crippen molar-refractivity contribution in [2.45, 2.75) is 13.0 Å². The first-order valence-electron chi connectivity index (χ1n) is 7.31. The fourth-order valence-corrected chi connectivity index (χ4v) is 3.07. The summed E-state index contributed by atoms with van der Waals surface area (Å²) in [6, 6.07) is 12.7. The molecule has 3 aromatic rings. The van der Waals surface area contributed by atoms with Crippen LogP contribution < -0.4 is 0 Å². The summed E-state index contributed by atoms with van der Waals surface area (Å²) < 4.78 is 0. The van der Waals surface area contributed by atoms with Gasteiger partial charge in [0.2, 0.25) is 0 Å².